The highest BCUT2D eigenvalue weighted by molar-refractivity contribution is 6.82. The summed E-state index contributed by atoms with van der Waals surface area (Å²) in [6.07, 6.45) is 19.0. The van der Waals surface area contributed by atoms with E-state index in [0.29, 0.717) is 0 Å². The number of hydrogen-bond donors (Lipinski definition) is 0. The molecule has 136 valence electrons. The van der Waals surface area contributed by atoms with E-state index in [0.717, 1.165) is 49.6 Å². The van der Waals surface area contributed by atoms with Gasteiger partial charge in [0.1, 0.15) is 8.07 Å². The van der Waals surface area contributed by atoms with Crippen LogP contribution in [0.15, 0.2) is 0 Å². The molecule has 0 atom stereocenters. The second kappa shape index (κ2) is 10.9. The van der Waals surface area contributed by atoms with Gasteiger partial charge in [0.15, 0.2) is 0 Å². The minimum Gasteiger partial charge on any atom is -0.385 e. The minimum absolute atomic E-state index is 0.946. The third-order valence-electron chi connectivity index (χ3n) is 6.27. The predicted molar refractivity (Wildman–Crippen MR) is 102 cm³/mol. The van der Waals surface area contributed by atoms with Crippen molar-refractivity contribution in [2.75, 3.05) is 25.7 Å². The first-order chi connectivity index (χ1) is 11.3. The van der Waals surface area contributed by atoms with Crippen LogP contribution in [0.5, 0.6) is 0 Å². The monoisotopic (exact) mass is 340 g/mol. The van der Waals surface area contributed by atoms with Gasteiger partial charge in [0.2, 0.25) is 0 Å². The van der Waals surface area contributed by atoms with Crippen LogP contribution < -0.4 is 0 Å². The van der Waals surface area contributed by atoms with Crippen molar-refractivity contribution in [1.82, 2.24) is 0 Å². The molecule has 0 bridgehead atoms. The number of rotatable bonds is 10. The molecule has 0 spiro atoms. The third-order valence-corrected chi connectivity index (χ3v) is 12.2. The molecule has 0 aromatic rings. The van der Waals surface area contributed by atoms with Crippen LogP contribution in [-0.2, 0) is 9.47 Å². The van der Waals surface area contributed by atoms with Gasteiger partial charge in [0.05, 0.1) is 0 Å². The van der Waals surface area contributed by atoms with Gasteiger partial charge in [-0.05, 0) is 23.9 Å². The fraction of sp³-hybridized carbons (Fsp3) is 1.00. The lowest BCUT2D eigenvalue weighted by molar-refractivity contribution is 0.140. The zero-order valence-electron chi connectivity index (χ0n) is 15.8. The maximum absolute atomic E-state index is 6.27. The predicted octanol–water partition coefficient (Wildman–Crippen LogP) is 6.04. The van der Waals surface area contributed by atoms with Crippen LogP contribution in [0.2, 0.25) is 11.1 Å². The highest BCUT2D eigenvalue weighted by Crippen LogP contribution is 2.48. The van der Waals surface area contributed by atoms with Crippen LogP contribution in [0.25, 0.3) is 0 Å². The van der Waals surface area contributed by atoms with E-state index in [4.69, 9.17) is 9.47 Å². The molecule has 0 saturated heterocycles. The maximum atomic E-state index is 6.27. The Kier molecular flexibility index (Phi) is 9.21. The average molecular weight is 341 g/mol. The third kappa shape index (κ3) is 5.57. The Morgan fingerprint density at radius 3 is 1.39 bits per heavy atom. The van der Waals surface area contributed by atoms with Crippen LogP contribution in [0.4, 0.5) is 0 Å². The molecule has 2 nitrogen and oxygen atoms in total. The molecule has 2 saturated carbocycles. The number of hydrogen-bond acceptors (Lipinski definition) is 2. The maximum Gasteiger partial charge on any atom is 0.119 e. The lowest BCUT2D eigenvalue weighted by atomic mass is 9.99. The molecular weight excluding hydrogens is 300 g/mol. The molecule has 2 rings (SSSR count). The number of ether oxygens (including phenoxy) is 2. The van der Waals surface area contributed by atoms with E-state index in [2.05, 4.69) is 13.8 Å². The Hall–Kier alpha value is 0.137. The van der Waals surface area contributed by atoms with Crippen molar-refractivity contribution in [2.45, 2.75) is 102 Å². The molecule has 2 aliphatic rings. The summed E-state index contributed by atoms with van der Waals surface area (Å²) < 4.78 is 12.5. The van der Waals surface area contributed by atoms with Crippen molar-refractivity contribution < 1.29 is 9.47 Å². The first-order valence-corrected chi connectivity index (χ1v) is 13.1. The van der Waals surface area contributed by atoms with Crippen LogP contribution >= 0.6 is 0 Å². The normalized spacial score (nSPS) is 21.7. The van der Waals surface area contributed by atoms with Gasteiger partial charge < -0.3 is 9.47 Å². The summed E-state index contributed by atoms with van der Waals surface area (Å²) in [7, 11) is -1.51. The Morgan fingerprint density at radius 2 is 1.04 bits per heavy atom. The lowest BCUT2D eigenvalue weighted by Gasteiger charge is -2.47. The molecule has 2 fully saturated rings. The summed E-state index contributed by atoms with van der Waals surface area (Å²) >= 11 is 0. The molecule has 3 heteroatoms. The Balaban J connectivity index is 2.13. The quantitative estimate of drug-likeness (QED) is 0.357. The largest absolute Gasteiger partial charge is 0.385 e. The molecule has 23 heavy (non-hydrogen) atoms. The van der Waals surface area contributed by atoms with Gasteiger partial charge >= 0.3 is 0 Å². The Morgan fingerprint density at radius 1 is 0.652 bits per heavy atom. The highest BCUT2D eigenvalue weighted by atomic mass is 28.3. The summed E-state index contributed by atoms with van der Waals surface area (Å²) in [6, 6.07) is 0. The van der Waals surface area contributed by atoms with Crippen molar-refractivity contribution in [3.63, 3.8) is 0 Å². The first kappa shape index (κ1) is 19.5. The summed E-state index contributed by atoms with van der Waals surface area (Å²) in [5.74, 6) is 0. The van der Waals surface area contributed by atoms with Gasteiger partial charge in [-0.1, -0.05) is 78.1 Å². The average Bonchev–Trinajstić information content (AvgIpc) is 2.62. The topological polar surface area (TPSA) is 18.5 Å². The van der Waals surface area contributed by atoms with Crippen molar-refractivity contribution in [3.8, 4) is 0 Å². The van der Waals surface area contributed by atoms with Crippen molar-refractivity contribution in [1.29, 1.82) is 0 Å². The van der Waals surface area contributed by atoms with E-state index in [1.165, 1.54) is 64.2 Å². The van der Waals surface area contributed by atoms with E-state index in [-0.39, 0.29) is 0 Å². The summed E-state index contributed by atoms with van der Waals surface area (Å²) in [6.45, 7) is 6.36. The van der Waals surface area contributed by atoms with E-state index in [1.54, 1.807) is 0 Å². The van der Waals surface area contributed by atoms with E-state index >= 15 is 0 Å². The van der Waals surface area contributed by atoms with E-state index in [1.807, 2.05) is 0 Å². The van der Waals surface area contributed by atoms with Gasteiger partial charge in [-0.3, -0.25) is 0 Å². The first-order valence-electron chi connectivity index (χ1n) is 10.5. The van der Waals surface area contributed by atoms with E-state index < -0.39 is 8.07 Å². The van der Waals surface area contributed by atoms with Gasteiger partial charge in [-0.25, -0.2) is 0 Å². The van der Waals surface area contributed by atoms with Crippen LogP contribution in [-0.4, -0.2) is 33.7 Å². The van der Waals surface area contributed by atoms with Crippen LogP contribution in [0.3, 0.4) is 0 Å². The summed E-state index contributed by atoms with van der Waals surface area (Å²) in [5.41, 5.74) is 1.93. The molecule has 0 aromatic carbocycles. The Labute approximate surface area is 145 Å². The highest BCUT2D eigenvalue weighted by Gasteiger charge is 2.48. The van der Waals surface area contributed by atoms with Gasteiger partial charge in [0, 0.05) is 25.7 Å². The SMILES string of the molecule is CCCOC[Si](COCCC)(C1CCCCC1)C1CCCCC1. The van der Waals surface area contributed by atoms with E-state index in [9.17, 15) is 0 Å². The molecular formula is C20H40O2Si. The lowest BCUT2D eigenvalue weighted by Crippen LogP contribution is -2.55. The fourth-order valence-corrected chi connectivity index (χ4v) is 10.9. The van der Waals surface area contributed by atoms with Gasteiger partial charge in [0.25, 0.3) is 0 Å². The minimum atomic E-state index is -1.51. The molecule has 0 aliphatic heterocycles. The molecule has 0 unspecified atom stereocenters. The molecule has 0 heterocycles. The zero-order valence-corrected chi connectivity index (χ0v) is 16.8. The van der Waals surface area contributed by atoms with Crippen LogP contribution in [0.1, 0.15) is 90.9 Å². The molecule has 0 N–H and O–H groups in total. The summed E-state index contributed by atoms with van der Waals surface area (Å²) in [4.78, 5) is 0. The van der Waals surface area contributed by atoms with Gasteiger partial charge in [-0.2, -0.15) is 0 Å². The standard InChI is InChI=1S/C20H40O2Si/c1-3-15-21-17-23(18-22-16-4-2,19-11-7-5-8-12-19)20-13-9-6-10-14-20/h19-20H,3-18H2,1-2H3. The smallest absolute Gasteiger partial charge is 0.119 e. The van der Waals surface area contributed by atoms with Gasteiger partial charge in [-0.15, -0.1) is 0 Å². The van der Waals surface area contributed by atoms with Crippen molar-refractivity contribution in [2.24, 2.45) is 0 Å². The summed E-state index contributed by atoms with van der Waals surface area (Å²) in [5, 5.41) is 0. The molecule has 2 aliphatic carbocycles. The zero-order chi connectivity index (χ0) is 16.4. The fourth-order valence-electron chi connectivity index (χ4n) is 5.01. The second-order valence-corrected chi connectivity index (χ2v) is 12.7. The second-order valence-electron chi connectivity index (χ2n) is 8.01. The van der Waals surface area contributed by atoms with Crippen molar-refractivity contribution >= 4 is 8.07 Å². The van der Waals surface area contributed by atoms with Crippen LogP contribution in [0, 0.1) is 0 Å². The Bertz CT molecular complexity index is 266. The molecule has 0 aromatic heterocycles. The molecule has 0 amide bonds. The van der Waals surface area contributed by atoms with Crippen molar-refractivity contribution in [3.05, 3.63) is 0 Å². The molecule has 0 radical (unpaired) electrons.